The van der Waals surface area contributed by atoms with E-state index in [4.69, 9.17) is 4.52 Å². The molecule has 1 aromatic rings. The summed E-state index contributed by atoms with van der Waals surface area (Å²) in [5, 5.41) is 7.39. The highest BCUT2D eigenvalue weighted by molar-refractivity contribution is 5.64. The molecule has 3 nitrogen and oxygen atoms in total. The number of piperidine rings is 1. The van der Waals surface area contributed by atoms with Crippen molar-refractivity contribution in [3.63, 3.8) is 0 Å². The Balaban J connectivity index is 1.83. The summed E-state index contributed by atoms with van der Waals surface area (Å²) in [5.74, 6) is 2.51. The number of nitrogens with one attached hydrogen (secondary N) is 1. The number of allylic oxidation sites excluding steroid dienone is 1. The van der Waals surface area contributed by atoms with Gasteiger partial charge in [-0.2, -0.15) is 0 Å². The molecule has 1 fully saturated rings. The molecule has 0 bridgehead atoms. The van der Waals surface area contributed by atoms with Crippen LogP contribution in [-0.4, -0.2) is 18.2 Å². The van der Waals surface area contributed by atoms with E-state index >= 15 is 0 Å². The molecule has 2 heterocycles. The molecule has 0 spiro atoms. The van der Waals surface area contributed by atoms with E-state index < -0.39 is 0 Å². The van der Waals surface area contributed by atoms with E-state index in [1.807, 2.05) is 13.0 Å². The van der Waals surface area contributed by atoms with Crippen LogP contribution in [0.1, 0.15) is 24.3 Å². The van der Waals surface area contributed by atoms with Gasteiger partial charge in [-0.1, -0.05) is 11.2 Å². The SMILES string of the molecule is Cc1cc(C2=C[C@H]3CNCC[C@H]3C2)on1. The second-order valence-electron chi connectivity index (χ2n) is 4.65. The normalized spacial score (nSPS) is 30.1. The summed E-state index contributed by atoms with van der Waals surface area (Å²) < 4.78 is 5.32. The first-order valence-electron chi connectivity index (χ1n) is 5.68. The number of nitrogens with zero attached hydrogens (tertiary/aromatic N) is 1. The van der Waals surface area contributed by atoms with Crippen LogP contribution in [-0.2, 0) is 0 Å². The predicted molar refractivity (Wildman–Crippen MR) is 58.3 cm³/mol. The quantitative estimate of drug-likeness (QED) is 0.760. The van der Waals surface area contributed by atoms with Crippen LogP contribution in [0.3, 0.4) is 0 Å². The average Bonchev–Trinajstić information content (AvgIpc) is 2.82. The second kappa shape index (κ2) is 3.49. The molecule has 2 aliphatic rings. The van der Waals surface area contributed by atoms with E-state index in [-0.39, 0.29) is 0 Å². The molecule has 3 rings (SSSR count). The number of fused-ring (bicyclic) bond motifs is 1. The first kappa shape index (κ1) is 9.16. The lowest BCUT2D eigenvalue weighted by Crippen LogP contribution is -2.33. The van der Waals surface area contributed by atoms with Crippen molar-refractivity contribution in [1.82, 2.24) is 10.5 Å². The van der Waals surface area contributed by atoms with Crippen LogP contribution in [0.4, 0.5) is 0 Å². The van der Waals surface area contributed by atoms with Gasteiger partial charge in [0.1, 0.15) is 0 Å². The average molecular weight is 204 g/mol. The maximum absolute atomic E-state index is 5.32. The van der Waals surface area contributed by atoms with Crippen molar-refractivity contribution in [2.24, 2.45) is 11.8 Å². The smallest absolute Gasteiger partial charge is 0.162 e. The number of hydrogen-bond donors (Lipinski definition) is 1. The first-order valence-corrected chi connectivity index (χ1v) is 5.68. The molecule has 1 N–H and O–H groups in total. The summed E-state index contributed by atoms with van der Waals surface area (Å²) in [5.41, 5.74) is 2.33. The Kier molecular flexibility index (Phi) is 2.13. The summed E-state index contributed by atoms with van der Waals surface area (Å²) >= 11 is 0. The Morgan fingerprint density at radius 2 is 2.47 bits per heavy atom. The molecular weight excluding hydrogens is 188 g/mol. The fourth-order valence-corrected chi connectivity index (χ4v) is 2.69. The van der Waals surface area contributed by atoms with E-state index in [1.54, 1.807) is 0 Å². The summed E-state index contributed by atoms with van der Waals surface area (Å²) in [6.07, 6.45) is 4.83. The third-order valence-corrected chi connectivity index (χ3v) is 3.52. The Morgan fingerprint density at radius 3 is 3.20 bits per heavy atom. The van der Waals surface area contributed by atoms with Crippen molar-refractivity contribution in [3.05, 3.63) is 23.6 Å². The van der Waals surface area contributed by atoms with Gasteiger partial charge >= 0.3 is 0 Å². The second-order valence-corrected chi connectivity index (χ2v) is 4.65. The van der Waals surface area contributed by atoms with Gasteiger partial charge in [0.2, 0.25) is 0 Å². The molecule has 0 unspecified atom stereocenters. The lowest BCUT2D eigenvalue weighted by Gasteiger charge is -2.25. The van der Waals surface area contributed by atoms with Gasteiger partial charge in [0, 0.05) is 12.6 Å². The summed E-state index contributed by atoms with van der Waals surface area (Å²) in [4.78, 5) is 0. The minimum atomic E-state index is 0.708. The molecule has 2 atom stereocenters. The third-order valence-electron chi connectivity index (χ3n) is 3.52. The van der Waals surface area contributed by atoms with E-state index in [1.165, 1.54) is 18.4 Å². The van der Waals surface area contributed by atoms with Gasteiger partial charge < -0.3 is 9.84 Å². The zero-order chi connectivity index (χ0) is 10.3. The van der Waals surface area contributed by atoms with Crippen LogP contribution in [0.15, 0.2) is 16.7 Å². The summed E-state index contributed by atoms with van der Waals surface area (Å²) in [6.45, 7) is 4.26. The lowest BCUT2D eigenvalue weighted by atomic mass is 9.89. The van der Waals surface area contributed by atoms with Crippen LogP contribution < -0.4 is 5.32 Å². The summed E-state index contributed by atoms with van der Waals surface area (Å²) in [7, 11) is 0. The highest BCUT2D eigenvalue weighted by atomic mass is 16.5. The first-order chi connectivity index (χ1) is 7.33. The predicted octanol–water partition coefficient (Wildman–Crippen LogP) is 2.00. The fraction of sp³-hybridized carbons (Fsp3) is 0.583. The molecule has 0 amide bonds. The van der Waals surface area contributed by atoms with Crippen LogP contribution in [0.25, 0.3) is 5.57 Å². The number of hydrogen-bond acceptors (Lipinski definition) is 3. The molecule has 0 aromatic carbocycles. The van der Waals surface area contributed by atoms with Crippen molar-refractivity contribution in [3.8, 4) is 0 Å². The van der Waals surface area contributed by atoms with Gasteiger partial charge in [-0.05, 0) is 43.7 Å². The van der Waals surface area contributed by atoms with Gasteiger partial charge in [-0.15, -0.1) is 0 Å². The van der Waals surface area contributed by atoms with Crippen LogP contribution >= 0.6 is 0 Å². The maximum Gasteiger partial charge on any atom is 0.162 e. The van der Waals surface area contributed by atoms with Crippen LogP contribution in [0, 0.1) is 18.8 Å². The summed E-state index contributed by atoms with van der Waals surface area (Å²) in [6, 6.07) is 2.04. The van der Waals surface area contributed by atoms with Crippen LogP contribution in [0.5, 0.6) is 0 Å². The monoisotopic (exact) mass is 204 g/mol. The molecule has 1 aromatic heterocycles. The molecule has 1 aliphatic carbocycles. The highest BCUT2D eigenvalue weighted by Crippen LogP contribution is 2.39. The zero-order valence-electron chi connectivity index (χ0n) is 8.99. The molecular formula is C12H16N2O. The van der Waals surface area contributed by atoms with E-state index in [0.29, 0.717) is 5.92 Å². The topological polar surface area (TPSA) is 38.1 Å². The van der Waals surface area contributed by atoms with Gasteiger partial charge in [-0.3, -0.25) is 0 Å². The van der Waals surface area contributed by atoms with Crippen LogP contribution in [0.2, 0.25) is 0 Å². The molecule has 1 saturated heterocycles. The van der Waals surface area contributed by atoms with Gasteiger partial charge in [-0.25, -0.2) is 0 Å². The fourth-order valence-electron chi connectivity index (χ4n) is 2.69. The van der Waals surface area contributed by atoms with Crippen molar-refractivity contribution >= 4 is 5.57 Å². The Labute approximate surface area is 89.5 Å². The Morgan fingerprint density at radius 1 is 1.53 bits per heavy atom. The minimum absolute atomic E-state index is 0.708. The molecule has 0 radical (unpaired) electrons. The molecule has 1 aliphatic heterocycles. The Hall–Kier alpha value is -1.09. The highest BCUT2D eigenvalue weighted by Gasteiger charge is 2.31. The minimum Gasteiger partial charge on any atom is -0.356 e. The van der Waals surface area contributed by atoms with Crippen molar-refractivity contribution in [1.29, 1.82) is 0 Å². The van der Waals surface area contributed by atoms with Gasteiger partial charge in [0.25, 0.3) is 0 Å². The molecule has 0 saturated carbocycles. The van der Waals surface area contributed by atoms with E-state index in [2.05, 4.69) is 16.5 Å². The third kappa shape index (κ3) is 1.61. The molecule has 3 heteroatoms. The molecule has 80 valence electrons. The van der Waals surface area contributed by atoms with Gasteiger partial charge in [0.05, 0.1) is 5.69 Å². The van der Waals surface area contributed by atoms with E-state index in [9.17, 15) is 0 Å². The van der Waals surface area contributed by atoms with Crippen molar-refractivity contribution in [2.75, 3.05) is 13.1 Å². The largest absolute Gasteiger partial charge is 0.356 e. The zero-order valence-corrected chi connectivity index (χ0v) is 8.99. The molecule has 15 heavy (non-hydrogen) atoms. The van der Waals surface area contributed by atoms with Crippen molar-refractivity contribution in [2.45, 2.75) is 19.8 Å². The Bertz CT molecular complexity index is 394. The lowest BCUT2D eigenvalue weighted by molar-refractivity contribution is 0.322. The van der Waals surface area contributed by atoms with Gasteiger partial charge in [0.15, 0.2) is 5.76 Å². The maximum atomic E-state index is 5.32. The number of rotatable bonds is 1. The van der Waals surface area contributed by atoms with E-state index in [0.717, 1.165) is 30.5 Å². The standard InChI is InChI=1S/C12H16N2O/c1-8-4-12(15-14-8)10-5-9-2-3-13-7-11(9)6-10/h4,6,9,11,13H,2-3,5,7H2,1H3/t9-,11-/m0/s1. The van der Waals surface area contributed by atoms with Crippen molar-refractivity contribution < 1.29 is 4.52 Å². The number of aryl methyl sites for hydroxylation is 1. The number of aromatic nitrogens is 1.